The Bertz CT molecular complexity index is 789. The molecule has 7 nitrogen and oxygen atoms in total. The average molecular weight is 356 g/mol. The van der Waals surface area contributed by atoms with Crippen molar-refractivity contribution in [3.8, 4) is 11.5 Å². The summed E-state index contributed by atoms with van der Waals surface area (Å²) in [6.45, 7) is 2.36. The van der Waals surface area contributed by atoms with Gasteiger partial charge in [-0.2, -0.15) is 5.10 Å². The smallest absolute Gasteiger partial charge is 0.318 e. The summed E-state index contributed by atoms with van der Waals surface area (Å²) in [6.07, 6.45) is 4.92. The minimum absolute atomic E-state index is 0.0363. The normalized spacial score (nSPS) is 19.3. The minimum atomic E-state index is -0.0363. The van der Waals surface area contributed by atoms with Crippen LogP contribution in [0.5, 0.6) is 11.5 Å². The lowest BCUT2D eigenvalue weighted by atomic mass is 9.99. The van der Waals surface area contributed by atoms with Crippen LogP contribution in [0.25, 0.3) is 0 Å². The number of aryl methyl sites for hydroxylation is 1. The molecule has 7 heteroatoms. The van der Waals surface area contributed by atoms with Gasteiger partial charge in [0.05, 0.1) is 11.7 Å². The summed E-state index contributed by atoms with van der Waals surface area (Å²) >= 11 is 0. The minimum Gasteiger partial charge on any atom is -0.486 e. The van der Waals surface area contributed by atoms with Gasteiger partial charge in [0, 0.05) is 26.3 Å². The first-order chi connectivity index (χ1) is 12.7. The summed E-state index contributed by atoms with van der Waals surface area (Å²) < 4.78 is 13.0. The number of urea groups is 1. The molecule has 0 spiro atoms. The number of fused-ring (bicyclic) bond motifs is 1. The maximum atomic E-state index is 12.8. The number of likely N-dealkylation sites (tertiary alicyclic amines) is 1. The topological polar surface area (TPSA) is 68.6 Å². The van der Waals surface area contributed by atoms with E-state index in [0.717, 1.165) is 48.6 Å². The van der Waals surface area contributed by atoms with Crippen molar-refractivity contribution in [2.24, 2.45) is 7.05 Å². The molecule has 0 bridgehead atoms. The Hall–Kier alpha value is -2.70. The lowest BCUT2D eigenvalue weighted by Gasteiger charge is -2.35. The van der Waals surface area contributed by atoms with Gasteiger partial charge < -0.3 is 19.7 Å². The van der Waals surface area contributed by atoms with Crippen LogP contribution in [0.4, 0.5) is 4.79 Å². The zero-order chi connectivity index (χ0) is 17.9. The first kappa shape index (κ1) is 16.8. The van der Waals surface area contributed by atoms with Crippen molar-refractivity contribution in [3.63, 3.8) is 0 Å². The van der Waals surface area contributed by atoms with E-state index in [1.165, 1.54) is 0 Å². The number of ether oxygens (including phenoxy) is 2. The van der Waals surface area contributed by atoms with E-state index < -0.39 is 0 Å². The molecule has 26 heavy (non-hydrogen) atoms. The van der Waals surface area contributed by atoms with Gasteiger partial charge in [-0.25, -0.2) is 4.79 Å². The van der Waals surface area contributed by atoms with Crippen molar-refractivity contribution in [2.75, 3.05) is 19.8 Å². The molecule has 1 saturated heterocycles. The molecule has 1 unspecified atom stereocenters. The fraction of sp³-hybridized carbons (Fsp3) is 0.474. The van der Waals surface area contributed by atoms with E-state index in [4.69, 9.17) is 9.47 Å². The molecule has 1 aromatic heterocycles. The fourth-order valence-electron chi connectivity index (χ4n) is 3.67. The van der Waals surface area contributed by atoms with Gasteiger partial charge in [-0.1, -0.05) is 6.07 Å². The van der Waals surface area contributed by atoms with Crippen LogP contribution in [-0.4, -0.2) is 40.5 Å². The zero-order valence-electron chi connectivity index (χ0n) is 15.0. The Morgan fingerprint density at radius 1 is 1.23 bits per heavy atom. The first-order valence-electron chi connectivity index (χ1n) is 9.13. The molecule has 0 aliphatic carbocycles. The van der Waals surface area contributed by atoms with E-state index in [-0.39, 0.29) is 12.1 Å². The molecule has 1 fully saturated rings. The van der Waals surface area contributed by atoms with E-state index in [1.54, 1.807) is 6.20 Å². The fourth-order valence-corrected chi connectivity index (χ4v) is 3.67. The number of hydrogen-bond acceptors (Lipinski definition) is 4. The molecule has 2 aromatic rings. The molecule has 1 N–H and O–H groups in total. The second kappa shape index (κ2) is 7.27. The number of hydrogen-bond donors (Lipinski definition) is 1. The number of rotatable bonds is 3. The lowest BCUT2D eigenvalue weighted by molar-refractivity contribution is 0.147. The second-order valence-electron chi connectivity index (χ2n) is 6.72. The van der Waals surface area contributed by atoms with Crippen molar-refractivity contribution in [3.05, 3.63) is 41.7 Å². The number of aromatic nitrogens is 2. The molecule has 2 aliphatic rings. The molecular weight excluding hydrogens is 332 g/mol. The van der Waals surface area contributed by atoms with E-state index in [1.807, 2.05) is 40.9 Å². The third kappa shape index (κ3) is 3.34. The van der Waals surface area contributed by atoms with Crippen LogP contribution in [0.2, 0.25) is 0 Å². The molecule has 3 heterocycles. The van der Waals surface area contributed by atoms with Crippen molar-refractivity contribution in [2.45, 2.75) is 31.8 Å². The highest BCUT2D eigenvalue weighted by molar-refractivity contribution is 5.74. The molecule has 2 amide bonds. The molecule has 138 valence electrons. The van der Waals surface area contributed by atoms with Crippen LogP contribution in [0.3, 0.4) is 0 Å². The molecule has 4 rings (SSSR count). The number of nitrogens with zero attached hydrogens (tertiary/aromatic N) is 3. The van der Waals surface area contributed by atoms with Gasteiger partial charge in [-0.3, -0.25) is 4.68 Å². The van der Waals surface area contributed by atoms with Crippen molar-refractivity contribution < 1.29 is 14.3 Å². The van der Waals surface area contributed by atoms with Gasteiger partial charge in [0.2, 0.25) is 0 Å². The Morgan fingerprint density at radius 2 is 2.08 bits per heavy atom. The van der Waals surface area contributed by atoms with Gasteiger partial charge in [-0.05, 0) is 43.0 Å². The molecule has 1 atom stereocenters. The van der Waals surface area contributed by atoms with E-state index in [9.17, 15) is 4.79 Å². The molecular formula is C19H24N4O3. The summed E-state index contributed by atoms with van der Waals surface area (Å²) in [7, 11) is 1.93. The van der Waals surface area contributed by atoms with Gasteiger partial charge in [0.1, 0.15) is 13.2 Å². The highest BCUT2D eigenvalue weighted by Gasteiger charge is 2.29. The highest BCUT2D eigenvalue weighted by Crippen LogP contribution is 2.32. The van der Waals surface area contributed by atoms with Crippen LogP contribution < -0.4 is 14.8 Å². The van der Waals surface area contributed by atoms with Crippen LogP contribution in [-0.2, 0) is 13.6 Å². The van der Waals surface area contributed by atoms with E-state index >= 15 is 0 Å². The zero-order valence-corrected chi connectivity index (χ0v) is 15.0. The molecule has 2 aliphatic heterocycles. The Morgan fingerprint density at radius 3 is 2.88 bits per heavy atom. The number of benzene rings is 1. The number of carbonyl (C=O) groups is 1. The van der Waals surface area contributed by atoms with Crippen LogP contribution in [0, 0.1) is 0 Å². The maximum absolute atomic E-state index is 12.8. The number of nitrogens with one attached hydrogen (secondary N) is 1. The highest BCUT2D eigenvalue weighted by atomic mass is 16.6. The largest absolute Gasteiger partial charge is 0.486 e. The molecule has 0 radical (unpaired) electrons. The van der Waals surface area contributed by atoms with Crippen molar-refractivity contribution in [1.29, 1.82) is 0 Å². The van der Waals surface area contributed by atoms with Crippen LogP contribution >= 0.6 is 0 Å². The predicted octanol–water partition coefficient (Wildman–Crippen LogP) is 2.63. The quantitative estimate of drug-likeness (QED) is 0.918. The SMILES string of the molecule is Cn1nccc1C1CCCCN1C(=O)NCc1ccc2c(c1)OCCO2. The second-order valence-corrected chi connectivity index (χ2v) is 6.72. The average Bonchev–Trinajstić information content (AvgIpc) is 3.11. The number of carbonyl (C=O) groups excluding carboxylic acids is 1. The number of amides is 2. The lowest BCUT2D eigenvalue weighted by Crippen LogP contribution is -2.44. The Labute approximate surface area is 152 Å². The van der Waals surface area contributed by atoms with Crippen LogP contribution in [0.15, 0.2) is 30.5 Å². The molecule has 0 saturated carbocycles. The predicted molar refractivity (Wildman–Crippen MR) is 96.2 cm³/mol. The van der Waals surface area contributed by atoms with Gasteiger partial charge >= 0.3 is 6.03 Å². The monoisotopic (exact) mass is 356 g/mol. The third-order valence-electron chi connectivity index (χ3n) is 5.01. The summed E-state index contributed by atoms with van der Waals surface area (Å²) in [5.74, 6) is 1.51. The summed E-state index contributed by atoms with van der Waals surface area (Å²) in [5, 5.41) is 7.30. The number of piperidine rings is 1. The summed E-state index contributed by atoms with van der Waals surface area (Å²) in [5.41, 5.74) is 2.08. The van der Waals surface area contributed by atoms with Crippen molar-refractivity contribution >= 4 is 6.03 Å². The first-order valence-corrected chi connectivity index (χ1v) is 9.13. The van der Waals surface area contributed by atoms with Gasteiger partial charge in [-0.15, -0.1) is 0 Å². The standard InChI is InChI=1S/C19H24N4O3/c1-22-15(7-8-21-22)16-4-2-3-9-23(16)19(24)20-13-14-5-6-17-18(12-14)26-11-10-25-17/h5-8,12,16H,2-4,9-11,13H2,1H3,(H,20,24). The van der Waals surface area contributed by atoms with Gasteiger partial charge in [0.15, 0.2) is 11.5 Å². The van der Waals surface area contributed by atoms with Crippen molar-refractivity contribution in [1.82, 2.24) is 20.0 Å². The third-order valence-corrected chi connectivity index (χ3v) is 5.01. The Kier molecular flexibility index (Phi) is 4.69. The Balaban J connectivity index is 1.43. The summed E-state index contributed by atoms with van der Waals surface area (Å²) in [6, 6.07) is 7.83. The molecule has 1 aromatic carbocycles. The van der Waals surface area contributed by atoms with E-state index in [2.05, 4.69) is 10.4 Å². The maximum Gasteiger partial charge on any atom is 0.318 e. The van der Waals surface area contributed by atoms with E-state index in [0.29, 0.717) is 19.8 Å². The van der Waals surface area contributed by atoms with Crippen LogP contribution in [0.1, 0.15) is 36.6 Å². The van der Waals surface area contributed by atoms with Gasteiger partial charge in [0.25, 0.3) is 0 Å². The summed E-state index contributed by atoms with van der Waals surface area (Å²) in [4.78, 5) is 14.7.